The SMILES string of the molecule is COC(=O)COc1ccc(/C=N\NC(=O)CN(c2ccc(Oc3ccccc3)cc2)S(C)(=O)=O)cc1. The number of hydrogen-bond acceptors (Lipinski definition) is 8. The predicted octanol–water partition coefficient (Wildman–Crippen LogP) is 2.95. The van der Waals surface area contributed by atoms with Gasteiger partial charge < -0.3 is 14.2 Å². The van der Waals surface area contributed by atoms with Crippen molar-refractivity contribution in [3.63, 3.8) is 0 Å². The summed E-state index contributed by atoms with van der Waals surface area (Å²) in [5.41, 5.74) is 3.27. The molecule has 1 N–H and O–H groups in total. The Balaban J connectivity index is 1.57. The molecule has 0 aliphatic carbocycles. The third kappa shape index (κ3) is 8.13. The molecule has 3 aromatic carbocycles. The molecule has 0 heterocycles. The molecule has 0 fully saturated rings. The fourth-order valence-electron chi connectivity index (χ4n) is 2.90. The third-order valence-corrected chi connectivity index (χ3v) is 5.80. The molecular formula is C25H25N3O7S. The maximum atomic E-state index is 12.4. The Morgan fingerprint density at radius 1 is 0.917 bits per heavy atom. The van der Waals surface area contributed by atoms with Crippen LogP contribution < -0.4 is 19.2 Å². The molecule has 3 rings (SSSR count). The van der Waals surface area contributed by atoms with Crippen LogP contribution in [0.1, 0.15) is 5.56 Å². The summed E-state index contributed by atoms with van der Waals surface area (Å²) in [5.74, 6) is 0.507. The van der Waals surface area contributed by atoms with Crippen molar-refractivity contribution in [3.05, 3.63) is 84.4 Å². The summed E-state index contributed by atoms with van der Waals surface area (Å²) in [5, 5.41) is 3.87. The summed E-state index contributed by atoms with van der Waals surface area (Å²) >= 11 is 0. The molecule has 3 aromatic rings. The van der Waals surface area contributed by atoms with Gasteiger partial charge in [-0.15, -0.1) is 0 Å². The van der Waals surface area contributed by atoms with Gasteiger partial charge in [0.2, 0.25) is 10.0 Å². The smallest absolute Gasteiger partial charge is 0.343 e. The van der Waals surface area contributed by atoms with E-state index in [0.29, 0.717) is 28.5 Å². The number of benzene rings is 3. The van der Waals surface area contributed by atoms with Crippen molar-refractivity contribution in [3.8, 4) is 17.2 Å². The summed E-state index contributed by atoms with van der Waals surface area (Å²) in [6, 6.07) is 22.1. The minimum absolute atomic E-state index is 0.209. The molecule has 1 amide bonds. The molecule has 0 radical (unpaired) electrons. The number of rotatable bonds is 11. The largest absolute Gasteiger partial charge is 0.482 e. The van der Waals surface area contributed by atoms with Crippen LogP contribution in [0.3, 0.4) is 0 Å². The van der Waals surface area contributed by atoms with Gasteiger partial charge in [-0.1, -0.05) is 18.2 Å². The van der Waals surface area contributed by atoms with Gasteiger partial charge in [0.15, 0.2) is 6.61 Å². The Kier molecular flexibility index (Phi) is 9.01. The highest BCUT2D eigenvalue weighted by molar-refractivity contribution is 7.92. The normalized spacial score (nSPS) is 11.1. The Morgan fingerprint density at radius 3 is 2.14 bits per heavy atom. The van der Waals surface area contributed by atoms with E-state index in [4.69, 9.17) is 9.47 Å². The van der Waals surface area contributed by atoms with E-state index < -0.39 is 28.4 Å². The van der Waals surface area contributed by atoms with Crippen LogP contribution >= 0.6 is 0 Å². The van der Waals surface area contributed by atoms with Crippen LogP contribution in [0.15, 0.2) is 84.0 Å². The first-order valence-electron chi connectivity index (χ1n) is 10.7. The van der Waals surface area contributed by atoms with E-state index in [1.807, 2.05) is 18.2 Å². The molecule has 0 saturated carbocycles. The summed E-state index contributed by atoms with van der Waals surface area (Å²) < 4.78 is 41.1. The predicted molar refractivity (Wildman–Crippen MR) is 135 cm³/mol. The van der Waals surface area contributed by atoms with Gasteiger partial charge in [-0.05, 0) is 66.2 Å². The van der Waals surface area contributed by atoms with Crippen molar-refractivity contribution in [1.29, 1.82) is 0 Å². The number of nitrogens with zero attached hydrogens (tertiary/aromatic N) is 2. The highest BCUT2D eigenvalue weighted by atomic mass is 32.2. The zero-order valence-corrected chi connectivity index (χ0v) is 20.5. The maximum absolute atomic E-state index is 12.4. The summed E-state index contributed by atoms with van der Waals surface area (Å²) in [6.45, 7) is -0.672. The van der Waals surface area contributed by atoms with E-state index in [1.54, 1.807) is 60.7 Å². The molecule has 36 heavy (non-hydrogen) atoms. The first-order valence-corrected chi connectivity index (χ1v) is 12.5. The van der Waals surface area contributed by atoms with Crippen LogP contribution in [0.2, 0.25) is 0 Å². The van der Waals surface area contributed by atoms with Crippen LogP contribution in [0, 0.1) is 0 Å². The Hall–Kier alpha value is -4.38. The van der Waals surface area contributed by atoms with Gasteiger partial charge in [-0.2, -0.15) is 5.10 Å². The fourth-order valence-corrected chi connectivity index (χ4v) is 3.76. The Morgan fingerprint density at radius 2 is 1.53 bits per heavy atom. The van der Waals surface area contributed by atoms with Crippen molar-refractivity contribution < 1.29 is 32.2 Å². The molecule has 0 unspecified atom stereocenters. The van der Waals surface area contributed by atoms with Gasteiger partial charge in [0.25, 0.3) is 5.91 Å². The number of nitrogens with one attached hydrogen (secondary N) is 1. The van der Waals surface area contributed by atoms with E-state index in [1.165, 1.54) is 13.3 Å². The van der Waals surface area contributed by atoms with Gasteiger partial charge in [-0.25, -0.2) is 18.6 Å². The molecule has 0 bridgehead atoms. The first-order chi connectivity index (χ1) is 17.2. The number of hydrazone groups is 1. The topological polar surface area (TPSA) is 124 Å². The summed E-state index contributed by atoms with van der Waals surface area (Å²) in [7, 11) is -2.48. The molecular weight excluding hydrogens is 486 g/mol. The van der Waals surface area contributed by atoms with Crippen LogP contribution in [-0.2, 0) is 24.3 Å². The molecule has 0 saturated heterocycles. The number of sulfonamides is 1. The van der Waals surface area contributed by atoms with Crippen LogP contribution in [-0.4, -0.2) is 53.0 Å². The lowest BCUT2D eigenvalue weighted by molar-refractivity contribution is -0.142. The number of carbonyl (C=O) groups excluding carboxylic acids is 2. The van der Waals surface area contributed by atoms with Gasteiger partial charge >= 0.3 is 5.97 Å². The standard InChI is InChI=1S/C25H25N3O7S/c1-33-25(30)18-34-21-12-8-19(9-13-21)16-26-27-24(29)17-28(36(2,31)32)20-10-14-23(15-11-20)35-22-6-4-3-5-7-22/h3-16H,17-18H2,1-2H3,(H,27,29)/b26-16-. The lowest BCUT2D eigenvalue weighted by Crippen LogP contribution is -2.38. The molecule has 0 atom stereocenters. The zero-order chi connectivity index (χ0) is 26.0. The van der Waals surface area contributed by atoms with E-state index in [9.17, 15) is 18.0 Å². The second kappa shape index (κ2) is 12.4. The van der Waals surface area contributed by atoms with Gasteiger partial charge in [0.05, 0.1) is 25.3 Å². The number of hydrogen-bond donors (Lipinski definition) is 1. The van der Waals surface area contributed by atoms with Crippen LogP contribution in [0.4, 0.5) is 5.69 Å². The van der Waals surface area contributed by atoms with Crippen molar-refractivity contribution in [2.75, 3.05) is 30.8 Å². The molecule has 188 valence electrons. The van der Waals surface area contributed by atoms with Gasteiger partial charge in [0.1, 0.15) is 23.8 Å². The van der Waals surface area contributed by atoms with Crippen LogP contribution in [0.5, 0.6) is 17.2 Å². The van der Waals surface area contributed by atoms with E-state index in [2.05, 4.69) is 15.3 Å². The fraction of sp³-hybridized carbons (Fsp3) is 0.160. The maximum Gasteiger partial charge on any atom is 0.343 e. The number of amides is 1. The number of ether oxygens (including phenoxy) is 3. The average Bonchev–Trinajstić information content (AvgIpc) is 2.87. The Labute approximate surface area is 209 Å². The van der Waals surface area contributed by atoms with Crippen molar-refractivity contribution in [1.82, 2.24) is 5.43 Å². The lowest BCUT2D eigenvalue weighted by Gasteiger charge is -2.21. The molecule has 0 aliphatic rings. The summed E-state index contributed by atoms with van der Waals surface area (Å²) in [4.78, 5) is 23.5. The van der Waals surface area contributed by atoms with Gasteiger partial charge in [0, 0.05) is 0 Å². The van der Waals surface area contributed by atoms with Crippen molar-refractivity contribution in [2.45, 2.75) is 0 Å². The van der Waals surface area contributed by atoms with Crippen molar-refractivity contribution >= 4 is 33.8 Å². The highest BCUT2D eigenvalue weighted by Crippen LogP contribution is 2.25. The molecule has 0 spiro atoms. The molecule has 11 heteroatoms. The summed E-state index contributed by atoms with van der Waals surface area (Å²) in [6.07, 6.45) is 2.41. The minimum Gasteiger partial charge on any atom is -0.482 e. The number of esters is 1. The molecule has 0 aliphatic heterocycles. The zero-order valence-electron chi connectivity index (χ0n) is 19.7. The third-order valence-electron chi connectivity index (χ3n) is 4.66. The number of carbonyl (C=O) groups is 2. The first kappa shape index (κ1) is 26.2. The second-order valence-electron chi connectivity index (χ2n) is 7.41. The average molecular weight is 512 g/mol. The minimum atomic E-state index is -3.75. The van der Waals surface area contributed by atoms with E-state index >= 15 is 0 Å². The molecule has 0 aromatic heterocycles. The number of methoxy groups -OCH3 is 1. The van der Waals surface area contributed by atoms with Crippen molar-refractivity contribution in [2.24, 2.45) is 5.10 Å². The van der Waals surface area contributed by atoms with Crippen LogP contribution in [0.25, 0.3) is 0 Å². The van der Waals surface area contributed by atoms with E-state index in [-0.39, 0.29) is 6.61 Å². The second-order valence-corrected chi connectivity index (χ2v) is 9.31. The number of para-hydroxylation sites is 1. The van der Waals surface area contributed by atoms with Gasteiger partial charge in [-0.3, -0.25) is 9.10 Å². The molecule has 10 nitrogen and oxygen atoms in total. The monoisotopic (exact) mass is 511 g/mol. The Bertz CT molecular complexity index is 1290. The quantitative estimate of drug-likeness (QED) is 0.238. The number of anilines is 1. The lowest BCUT2D eigenvalue weighted by atomic mass is 10.2. The highest BCUT2D eigenvalue weighted by Gasteiger charge is 2.20. The van der Waals surface area contributed by atoms with E-state index in [0.717, 1.165) is 10.6 Å².